The topological polar surface area (TPSA) is 104 Å². The summed E-state index contributed by atoms with van der Waals surface area (Å²) in [7, 11) is 0. The molecular formula is C24H21N3O4. The number of nitrogens with one attached hydrogen (secondary N) is 2. The molecule has 0 radical (unpaired) electrons. The number of carboxylic acids is 1. The van der Waals surface area contributed by atoms with Crippen molar-refractivity contribution in [1.82, 2.24) is 15.3 Å². The highest BCUT2D eigenvalue weighted by Crippen LogP contribution is 2.21. The Morgan fingerprint density at radius 1 is 0.968 bits per heavy atom. The van der Waals surface area contributed by atoms with Crippen LogP contribution in [-0.2, 0) is 22.6 Å². The largest absolute Gasteiger partial charge is 0.480 e. The van der Waals surface area contributed by atoms with Crippen LogP contribution < -0.4 is 5.32 Å². The van der Waals surface area contributed by atoms with E-state index in [2.05, 4.69) is 15.3 Å². The summed E-state index contributed by atoms with van der Waals surface area (Å²) in [5.41, 5.74) is 4.19. The van der Waals surface area contributed by atoms with Gasteiger partial charge in [0.15, 0.2) is 0 Å². The number of fused-ring (bicyclic) bond motifs is 1. The molecular weight excluding hydrogens is 394 g/mol. The smallest absolute Gasteiger partial charge is 0.408 e. The Morgan fingerprint density at radius 3 is 2.39 bits per heavy atom. The predicted octanol–water partition coefficient (Wildman–Crippen LogP) is 4.15. The molecule has 3 aromatic carbocycles. The molecule has 3 N–H and O–H groups in total. The summed E-state index contributed by atoms with van der Waals surface area (Å²) >= 11 is 0. The highest BCUT2D eigenvalue weighted by Gasteiger charge is 2.21. The van der Waals surface area contributed by atoms with Gasteiger partial charge in [-0.05, 0) is 23.3 Å². The van der Waals surface area contributed by atoms with Crippen molar-refractivity contribution >= 4 is 23.1 Å². The highest BCUT2D eigenvalue weighted by molar-refractivity contribution is 5.81. The molecule has 0 aliphatic heterocycles. The second-order valence-electron chi connectivity index (χ2n) is 7.10. The van der Waals surface area contributed by atoms with Crippen molar-refractivity contribution in [2.45, 2.75) is 19.1 Å². The van der Waals surface area contributed by atoms with Crippen LogP contribution in [0.2, 0.25) is 0 Å². The number of nitrogens with zero attached hydrogens (tertiary/aromatic N) is 1. The van der Waals surface area contributed by atoms with E-state index in [1.807, 2.05) is 78.9 Å². The molecule has 0 fully saturated rings. The number of aliphatic carboxylic acids is 1. The molecule has 4 aromatic rings. The number of alkyl carbamates (subject to hydrolysis) is 1. The summed E-state index contributed by atoms with van der Waals surface area (Å²) in [6.07, 6.45) is -0.605. The van der Waals surface area contributed by atoms with Gasteiger partial charge < -0.3 is 20.1 Å². The summed E-state index contributed by atoms with van der Waals surface area (Å²) in [5.74, 6) is -0.357. The fourth-order valence-electron chi connectivity index (χ4n) is 3.26. The standard InChI is InChI=1S/C24H21N3O4/c28-23(29)21(13-16-7-3-1-4-8-16)27-24(30)31-15-17-11-12-19-20(14-17)26-22(25-19)18-9-5-2-6-10-18/h1-12,14,21H,13,15H2,(H,25,26)(H,27,30)(H,28,29)/t21-/m1/s1. The summed E-state index contributed by atoms with van der Waals surface area (Å²) < 4.78 is 5.24. The average Bonchev–Trinajstić information content (AvgIpc) is 3.22. The Labute approximate surface area is 178 Å². The number of amides is 1. The maximum atomic E-state index is 12.2. The van der Waals surface area contributed by atoms with Crippen molar-refractivity contribution < 1.29 is 19.4 Å². The summed E-state index contributed by atoms with van der Waals surface area (Å²) in [6.45, 7) is 0.0130. The fourth-order valence-corrected chi connectivity index (χ4v) is 3.26. The molecule has 1 aromatic heterocycles. The van der Waals surface area contributed by atoms with Crippen molar-refractivity contribution in [2.75, 3.05) is 0 Å². The Hall–Kier alpha value is -4.13. The maximum absolute atomic E-state index is 12.2. The monoisotopic (exact) mass is 415 g/mol. The van der Waals surface area contributed by atoms with Crippen LogP contribution in [-0.4, -0.2) is 33.2 Å². The van der Waals surface area contributed by atoms with Crippen molar-refractivity contribution in [2.24, 2.45) is 0 Å². The van der Waals surface area contributed by atoms with Crippen LogP contribution in [0.15, 0.2) is 78.9 Å². The highest BCUT2D eigenvalue weighted by atomic mass is 16.5. The number of H-pyrrole nitrogens is 1. The number of rotatable bonds is 7. The number of carboxylic acid groups (broad SMARTS) is 1. The van der Waals surface area contributed by atoms with Crippen LogP contribution in [0.25, 0.3) is 22.4 Å². The minimum atomic E-state index is -1.12. The zero-order valence-electron chi connectivity index (χ0n) is 16.6. The quantitative estimate of drug-likeness (QED) is 0.421. The normalized spacial score (nSPS) is 11.7. The lowest BCUT2D eigenvalue weighted by molar-refractivity contribution is -0.139. The van der Waals surface area contributed by atoms with Crippen molar-refractivity contribution in [3.63, 3.8) is 0 Å². The van der Waals surface area contributed by atoms with E-state index in [4.69, 9.17) is 4.74 Å². The lowest BCUT2D eigenvalue weighted by atomic mass is 10.1. The SMILES string of the molecule is O=C(N[C@H](Cc1ccccc1)C(=O)O)OCc1ccc2nc(-c3ccccc3)[nH]c2c1. The molecule has 0 bridgehead atoms. The van der Waals surface area contributed by atoms with Gasteiger partial charge in [-0.15, -0.1) is 0 Å². The van der Waals surface area contributed by atoms with Gasteiger partial charge in [0.2, 0.25) is 0 Å². The fraction of sp³-hybridized carbons (Fsp3) is 0.125. The molecule has 7 heteroatoms. The van der Waals surface area contributed by atoms with Crippen molar-refractivity contribution in [3.05, 3.63) is 90.0 Å². The summed E-state index contributed by atoms with van der Waals surface area (Å²) in [6, 6.07) is 23.4. The average molecular weight is 415 g/mol. The van der Waals surface area contributed by atoms with E-state index in [1.54, 1.807) is 0 Å². The second kappa shape index (κ2) is 9.13. The lowest BCUT2D eigenvalue weighted by Crippen LogP contribution is -2.42. The zero-order chi connectivity index (χ0) is 21.6. The third-order valence-corrected chi connectivity index (χ3v) is 4.84. The Morgan fingerprint density at radius 2 is 1.68 bits per heavy atom. The molecule has 0 aliphatic rings. The minimum Gasteiger partial charge on any atom is -0.480 e. The maximum Gasteiger partial charge on any atom is 0.408 e. The number of benzene rings is 3. The van der Waals surface area contributed by atoms with Crippen LogP contribution in [0.3, 0.4) is 0 Å². The first-order valence-electron chi connectivity index (χ1n) is 9.82. The van der Waals surface area contributed by atoms with Crippen molar-refractivity contribution in [1.29, 1.82) is 0 Å². The van der Waals surface area contributed by atoms with Crippen LogP contribution in [0.4, 0.5) is 4.79 Å². The Kier molecular flexibility index (Phi) is 5.93. The van der Waals surface area contributed by atoms with Crippen LogP contribution in [0.1, 0.15) is 11.1 Å². The molecule has 0 saturated carbocycles. The number of hydrogen-bond donors (Lipinski definition) is 3. The number of ether oxygens (including phenoxy) is 1. The van der Waals surface area contributed by atoms with Crippen LogP contribution >= 0.6 is 0 Å². The van der Waals surface area contributed by atoms with Gasteiger partial charge in [0.1, 0.15) is 18.5 Å². The van der Waals surface area contributed by atoms with Gasteiger partial charge in [0.05, 0.1) is 11.0 Å². The molecule has 31 heavy (non-hydrogen) atoms. The van der Waals surface area contributed by atoms with Crippen molar-refractivity contribution in [3.8, 4) is 11.4 Å². The van der Waals surface area contributed by atoms with Crippen LogP contribution in [0, 0.1) is 0 Å². The Bertz CT molecular complexity index is 1190. The molecule has 1 heterocycles. The number of carbonyl (C=O) groups is 2. The molecule has 156 valence electrons. The minimum absolute atomic E-state index is 0.0130. The van der Waals surface area contributed by atoms with Crippen LogP contribution in [0.5, 0.6) is 0 Å². The molecule has 0 aliphatic carbocycles. The second-order valence-corrected chi connectivity index (χ2v) is 7.10. The number of carbonyl (C=O) groups excluding carboxylic acids is 1. The predicted molar refractivity (Wildman–Crippen MR) is 116 cm³/mol. The van der Waals surface area contributed by atoms with E-state index >= 15 is 0 Å². The molecule has 0 spiro atoms. The number of hydrogen-bond acceptors (Lipinski definition) is 4. The van der Waals surface area contributed by atoms with Gasteiger partial charge in [-0.25, -0.2) is 14.6 Å². The summed E-state index contributed by atoms with van der Waals surface area (Å²) in [5, 5.41) is 11.8. The number of aromatic amines is 1. The van der Waals surface area contributed by atoms with Gasteiger partial charge in [-0.2, -0.15) is 0 Å². The van der Waals surface area contributed by atoms with Gasteiger partial charge >= 0.3 is 12.1 Å². The molecule has 1 amide bonds. The van der Waals surface area contributed by atoms with E-state index in [9.17, 15) is 14.7 Å². The first kappa shape index (κ1) is 20.2. The van der Waals surface area contributed by atoms with Gasteiger partial charge in [-0.1, -0.05) is 66.7 Å². The first-order chi connectivity index (χ1) is 15.1. The van der Waals surface area contributed by atoms with Gasteiger partial charge in [0, 0.05) is 12.0 Å². The third-order valence-electron chi connectivity index (χ3n) is 4.84. The molecule has 4 rings (SSSR count). The summed E-state index contributed by atoms with van der Waals surface area (Å²) in [4.78, 5) is 31.5. The molecule has 0 saturated heterocycles. The van der Waals surface area contributed by atoms with Gasteiger partial charge in [0.25, 0.3) is 0 Å². The number of aromatic nitrogens is 2. The number of imidazole rings is 1. The third kappa shape index (κ3) is 5.08. The molecule has 0 unspecified atom stereocenters. The zero-order valence-corrected chi connectivity index (χ0v) is 16.6. The molecule has 7 nitrogen and oxygen atoms in total. The van der Waals surface area contributed by atoms with E-state index in [1.165, 1.54) is 0 Å². The van der Waals surface area contributed by atoms with E-state index in [0.29, 0.717) is 0 Å². The van der Waals surface area contributed by atoms with E-state index < -0.39 is 18.1 Å². The van der Waals surface area contributed by atoms with E-state index in [-0.39, 0.29) is 13.0 Å². The lowest BCUT2D eigenvalue weighted by Gasteiger charge is -2.14. The van der Waals surface area contributed by atoms with E-state index in [0.717, 1.165) is 33.5 Å². The van der Waals surface area contributed by atoms with Gasteiger partial charge in [-0.3, -0.25) is 0 Å². The molecule has 1 atom stereocenters. The first-order valence-corrected chi connectivity index (χ1v) is 9.82. The Balaban J connectivity index is 1.38.